The second kappa shape index (κ2) is 7.45. The third-order valence-electron chi connectivity index (χ3n) is 2.83. The minimum absolute atomic E-state index is 0.0469. The fraction of sp³-hybridized carbons (Fsp3) is 0.385. The van der Waals surface area contributed by atoms with Crippen molar-refractivity contribution in [2.45, 2.75) is 24.3 Å². The largest absolute Gasteiger partial charge is 0.480 e. The van der Waals surface area contributed by atoms with Gasteiger partial charge in [0.25, 0.3) is 0 Å². The van der Waals surface area contributed by atoms with Crippen molar-refractivity contribution in [3.05, 3.63) is 29.3 Å². The van der Waals surface area contributed by atoms with E-state index in [0.717, 1.165) is 0 Å². The highest BCUT2D eigenvalue weighted by molar-refractivity contribution is 7.98. The summed E-state index contributed by atoms with van der Waals surface area (Å²) in [5.41, 5.74) is 0.905. The standard InChI is InChI=1S/C13H16N2O4S2/c1-9-7-11(4-3-10(9)8-14)21(18,19)15-12(13(16)17)5-6-20-2/h3-4,7,12,15H,5-6H2,1-2H3,(H,16,17)/t12-/m1/s1. The van der Waals surface area contributed by atoms with Crippen LogP contribution in [0.15, 0.2) is 23.1 Å². The number of benzene rings is 1. The van der Waals surface area contributed by atoms with Crippen LogP contribution in [0.3, 0.4) is 0 Å². The first-order chi connectivity index (χ1) is 9.81. The molecule has 0 aliphatic rings. The van der Waals surface area contributed by atoms with E-state index in [9.17, 15) is 13.2 Å². The van der Waals surface area contributed by atoms with Gasteiger partial charge < -0.3 is 5.11 Å². The fourth-order valence-electron chi connectivity index (χ4n) is 1.65. The van der Waals surface area contributed by atoms with Gasteiger partial charge in [0, 0.05) is 0 Å². The number of carbonyl (C=O) groups is 1. The van der Waals surface area contributed by atoms with Crippen molar-refractivity contribution >= 4 is 27.8 Å². The summed E-state index contributed by atoms with van der Waals surface area (Å²) in [6.45, 7) is 1.62. The molecule has 0 saturated heterocycles. The van der Waals surface area contributed by atoms with Crippen LogP contribution in [-0.2, 0) is 14.8 Å². The van der Waals surface area contributed by atoms with Gasteiger partial charge in [0.05, 0.1) is 16.5 Å². The molecule has 0 aliphatic heterocycles. The number of carboxylic acid groups (broad SMARTS) is 1. The Bertz CT molecular complexity index is 665. The molecule has 21 heavy (non-hydrogen) atoms. The number of nitriles is 1. The van der Waals surface area contributed by atoms with Gasteiger partial charge in [0.2, 0.25) is 10.0 Å². The lowest BCUT2D eigenvalue weighted by Crippen LogP contribution is -2.41. The fourth-order valence-corrected chi connectivity index (χ4v) is 3.43. The van der Waals surface area contributed by atoms with Crippen molar-refractivity contribution in [2.75, 3.05) is 12.0 Å². The second-order valence-corrected chi connectivity index (χ2v) is 7.08. The molecule has 0 bridgehead atoms. The van der Waals surface area contributed by atoms with E-state index in [0.29, 0.717) is 16.9 Å². The first kappa shape index (κ1) is 17.5. The minimum atomic E-state index is -3.93. The lowest BCUT2D eigenvalue weighted by Gasteiger charge is -2.14. The molecule has 0 aromatic heterocycles. The third-order valence-corrected chi connectivity index (χ3v) is 4.95. The highest BCUT2D eigenvalue weighted by Crippen LogP contribution is 2.16. The highest BCUT2D eigenvalue weighted by Gasteiger charge is 2.25. The SMILES string of the molecule is CSCC[C@@H](NS(=O)(=O)c1ccc(C#N)c(C)c1)C(=O)O. The number of hydrogen-bond acceptors (Lipinski definition) is 5. The number of rotatable bonds is 7. The van der Waals surface area contributed by atoms with Crippen molar-refractivity contribution in [3.63, 3.8) is 0 Å². The van der Waals surface area contributed by atoms with Crippen molar-refractivity contribution in [3.8, 4) is 6.07 Å². The quantitative estimate of drug-likeness (QED) is 0.782. The molecule has 0 aliphatic carbocycles. The van der Waals surface area contributed by atoms with E-state index in [1.54, 1.807) is 6.92 Å². The lowest BCUT2D eigenvalue weighted by atomic mass is 10.1. The predicted octanol–water partition coefficient (Wildman–Crippen LogP) is 1.35. The predicted molar refractivity (Wildman–Crippen MR) is 80.6 cm³/mol. The molecular weight excluding hydrogens is 312 g/mol. The first-order valence-electron chi connectivity index (χ1n) is 6.06. The van der Waals surface area contributed by atoms with Gasteiger partial charge in [-0.2, -0.15) is 21.7 Å². The summed E-state index contributed by atoms with van der Waals surface area (Å²) in [7, 11) is -3.93. The summed E-state index contributed by atoms with van der Waals surface area (Å²) in [6, 6.07) is 4.83. The van der Waals surface area contributed by atoms with Gasteiger partial charge >= 0.3 is 5.97 Å². The molecule has 0 radical (unpaired) electrons. The molecule has 0 spiro atoms. The Hall–Kier alpha value is -1.56. The van der Waals surface area contributed by atoms with E-state index < -0.39 is 22.0 Å². The van der Waals surface area contributed by atoms with E-state index in [4.69, 9.17) is 10.4 Å². The number of aryl methyl sites for hydroxylation is 1. The number of sulfonamides is 1. The van der Waals surface area contributed by atoms with Crippen LogP contribution in [0.5, 0.6) is 0 Å². The van der Waals surface area contributed by atoms with Gasteiger partial charge in [-0.3, -0.25) is 4.79 Å². The maximum Gasteiger partial charge on any atom is 0.321 e. The number of thioether (sulfide) groups is 1. The summed E-state index contributed by atoms with van der Waals surface area (Å²) in [6.07, 6.45) is 2.02. The Labute approximate surface area is 128 Å². The Balaban J connectivity index is 3.02. The van der Waals surface area contributed by atoms with E-state index in [1.165, 1.54) is 30.0 Å². The van der Waals surface area contributed by atoms with Gasteiger partial charge in [0.15, 0.2) is 0 Å². The van der Waals surface area contributed by atoms with Gasteiger partial charge in [-0.05, 0) is 49.1 Å². The topological polar surface area (TPSA) is 107 Å². The summed E-state index contributed by atoms with van der Waals surface area (Å²) in [4.78, 5) is 11.1. The first-order valence-corrected chi connectivity index (χ1v) is 8.94. The van der Waals surface area contributed by atoms with Crippen LogP contribution in [0.4, 0.5) is 0 Å². The molecule has 0 amide bonds. The molecule has 1 atom stereocenters. The third kappa shape index (κ3) is 4.74. The van der Waals surface area contributed by atoms with Crippen molar-refractivity contribution < 1.29 is 18.3 Å². The average Bonchev–Trinajstić information content (AvgIpc) is 2.43. The van der Waals surface area contributed by atoms with E-state index >= 15 is 0 Å². The lowest BCUT2D eigenvalue weighted by molar-refractivity contribution is -0.139. The number of aliphatic carboxylic acids is 1. The number of carboxylic acids is 1. The van der Waals surface area contributed by atoms with Gasteiger partial charge in [-0.15, -0.1) is 0 Å². The smallest absolute Gasteiger partial charge is 0.321 e. The Morgan fingerprint density at radius 2 is 2.19 bits per heavy atom. The monoisotopic (exact) mass is 328 g/mol. The molecule has 1 aromatic carbocycles. The molecule has 1 aromatic rings. The van der Waals surface area contributed by atoms with Crippen molar-refractivity contribution in [1.82, 2.24) is 4.72 Å². The van der Waals surface area contributed by atoms with Crippen LogP contribution < -0.4 is 4.72 Å². The second-order valence-electron chi connectivity index (χ2n) is 4.38. The van der Waals surface area contributed by atoms with E-state index in [2.05, 4.69) is 4.72 Å². The van der Waals surface area contributed by atoms with Crippen LogP contribution in [0, 0.1) is 18.3 Å². The Morgan fingerprint density at radius 1 is 1.52 bits per heavy atom. The zero-order chi connectivity index (χ0) is 16.0. The number of hydrogen-bond donors (Lipinski definition) is 2. The normalized spacial score (nSPS) is 12.6. The molecule has 0 heterocycles. The zero-order valence-electron chi connectivity index (χ0n) is 11.7. The number of nitrogens with one attached hydrogen (secondary N) is 1. The molecule has 6 nitrogen and oxygen atoms in total. The van der Waals surface area contributed by atoms with E-state index in [1.807, 2.05) is 12.3 Å². The van der Waals surface area contributed by atoms with Gasteiger partial charge in [-0.25, -0.2) is 8.42 Å². The molecule has 8 heteroatoms. The van der Waals surface area contributed by atoms with Gasteiger partial charge in [-0.1, -0.05) is 0 Å². The summed E-state index contributed by atoms with van der Waals surface area (Å²) in [5.74, 6) is -0.677. The molecule has 114 valence electrons. The van der Waals surface area contributed by atoms with Crippen LogP contribution in [0.1, 0.15) is 17.5 Å². The Morgan fingerprint density at radius 3 is 2.67 bits per heavy atom. The molecule has 0 unspecified atom stereocenters. The molecule has 1 rings (SSSR count). The molecule has 0 fully saturated rings. The minimum Gasteiger partial charge on any atom is -0.480 e. The van der Waals surface area contributed by atoms with E-state index in [-0.39, 0.29) is 11.3 Å². The van der Waals surface area contributed by atoms with Crippen LogP contribution in [0.25, 0.3) is 0 Å². The van der Waals surface area contributed by atoms with Crippen molar-refractivity contribution in [1.29, 1.82) is 5.26 Å². The zero-order valence-corrected chi connectivity index (χ0v) is 13.3. The van der Waals surface area contributed by atoms with Crippen LogP contribution in [0.2, 0.25) is 0 Å². The Kier molecular flexibility index (Phi) is 6.20. The summed E-state index contributed by atoms with van der Waals surface area (Å²) >= 11 is 1.44. The van der Waals surface area contributed by atoms with Crippen LogP contribution in [-0.4, -0.2) is 37.5 Å². The maximum absolute atomic E-state index is 12.2. The average molecular weight is 328 g/mol. The number of nitrogens with zero attached hydrogens (tertiary/aromatic N) is 1. The molecular formula is C13H16N2O4S2. The molecule has 2 N–H and O–H groups in total. The molecule has 0 saturated carbocycles. The summed E-state index contributed by atoms with van der Waals surface area (Å²) < 4.78 is 26.6. The highest BCUT2D eigenvalue weighted by atomic mass is 32.2. The summed E-state index contributed by atoms with van der Waals surface area (Å²) in [5, 5.41) is 17.9. The van der Waals surface area contributed by atoms with Crippen LogP contribution >= 0.6 is 11.8 Å². The maximum atomic E-state index is 12.2. The van der Waals surface area contributed by atoms with Gasteiger partial charge in [0.1, 0.15) is 6.04 Å². The van der Waals surface area contributed by atoms with Crippen molar-refractivity contribution in [2.24, 2.45) is 0 Å².